The molecule has 2 N–H and O–H groups in total. The van der Waals surface area contributed by atoms with Gasteiger partial charge in [-0.15, -0.1) is 0 Å². The number of nitrogens with one attached hydrogen (secondary N) is 2. The van der Waals surface area contributed by atoms with E-state index in [-0.39, 0.29) is 17.5 Å². The van der Waals surface area contributed by atoms with Crippen LogP contribution in [0.25, 0.3) is 0 Å². The first-order valence-electron chi connectivity index (χ1n) is 8.58. The fraction of sp³-hybridized carbons (Fsp3) is 0.158. The lowest BCUT2D eigenvalue weighted by atomic mass is 10.3. The van der Waals surface area contributed by atoms with Crippen molar-refractivity contribution < 1.29 is 18.8 Å². The van der Waals surface area contributed by atoms with Gasteiger partial charge in [0.15, 0.2) is 11.6 Å². The summed E-state index contributed by atoms with van der Waals surface area (Å²) in [6, 6.07) is 12.8. The summed E-state index contributed by atoms with van der Waals surface area (Å²) in [5.74, 6) is 0.0412. The monoisotopic (exact) mass is 399 g/mol. The third kappa shape index (κ3) is 5.59. The van der Waals surface area contributed by atoms with E-state index in [1.165, 1.54) is 18.2 Å². The number of methoxy groups -OCH3 is 1. The molecular weight excluding hydrogens is 381 g/mol. The molecule has 2 aromatic carbocycles. The van der Waals surface area contributed by atoms with E-state index in [0.29, 0.717) is 30.3 Å². The Morgan fingerprint density at radius 1 is 1.10 bits per heavy atom. The van der Waals surface area contributed by atoms with Gasteiger partial charge in [-0.25, -0.2) is 9.37 Å². The van der Waals surface area contributed by atoms with E-state index in [1.807, 2.05) is 0 Å². The van der Waals surface area contributed by atoms with Gasteiger partial charge in [0.2, 0.25) is 5.95 Å². The molecule has 0 aliphatic carbocycles. The van der Waals surface area contributed by atoms with Crippen molar-refractivity contribution in [3.05, 3.63) is 70.7 Å². The summed E-state index contributed by atoms with van der Waals surface area (Å²) in [6.07, 6.45) is 1.01. The molecule has 0 aliphatic rings. The molecule has 0 aliphatic heterocycles. The van der Waals surface area contributed by atoms with E-state index < -0.39 is 10.7 Å². The normalized spacial score (nSPS) is 10.4. The summed E-state index contributed by atoms with van der Waals surface area (Å²) in [4.78, 5) is 18.4. The highest BCUT2D eigenvalue weighted by molar-refractivity contribution is 5.62. The zero-order valence-corrected chi connectivity index (χ0v) is 15.5. The number of aromatic nitrogens is 2. The zero-order valence-electron chi connectivity index (χ0n) is 15.5. The van der Waals surface area contributed by atoms with Gasteiger partial charge in [-0.05, 0) is 30.3 Å². The van der Waals surface area contributed by atoms with Gasteiger partial charge in [0, 0.05) is 30.6 Å². The van der Waals surface area contributed by atoms with Crippen LogP contribution in [0.5, 0.6) is 5.75 Å². The third-order valence-corrected chi connectivity index (χ3v) is 3.73. The Bertz CT molecular complexity index is 985. The first-order valence-corrected chi connectivity index (χ1v) is 8.58. The average Bonchev–Trinajstić information content (AvgIpc) is 2.72. The van der Waals surface area contributed by atoms with Gasteiger partial charge in [0.05, 0.1) is 17.7 Å². The van der Waals surface area contributed by atoms with Crippen LogP contribution in [-0.2, 0) is 4.74 Å². The molecule has 0 radical (unpaired) electrons. The van der Waals surface area contributed by atoms with Gasteiger partial charge in [0.25, 0.3) is 5.69 Å². The van der Waals surface area contributed by atoms with E-state index in [9.17, 15) is 14.5 Å². The molecule has 150 valence electrons. The number of benzene rings is 2. The molecule has 9 nitrogen and oxygen atoms in total. The van der Waals surface area contributed by atoms with E-state index in [1.54, 1.807) is 37.4 Å². The van der Waals surface area contributed by atoms with Gasteiger partial charge in [-0.1, -0.05) is 6.07 Å². The van der Waals surface area contributed by atoms with Crippen molar-refractivity contribution in [1.82, 2.24) is 9.97 Å². The molecule has 0 amide bonds. The second-order valence-corrected chi connectivity index (χ2v) is 5.81. The minimum Gasteiger partial charge on any atom is -0.491 e. The number of halogens is 1. The number of nitrogens with zero attached hydrogens (tertiary/aromatic N) is 3. The molecule has 0 bridgehead atoms. The van der Waals surface area contributed by atoms with Gasteiger partial charge >= 0.3 is 0 Å². The molecule has 0 spiro atoms. The Morgan fingerprint density at radius 2 is 1.90 bits per heavy atom. The fourth-order valence-electron chi connectivity index (χ4n) is 2.36. The molecule has 0 saturated carbocycles. The molecular formula is C19H18FN5O4. The Kier molecular flexibility index (Phi) is 6.48. The molecule has 29 heavy (non-hydrogen) atoms. The van der Waals surface area contributed by atoms with Crippen molar-refractivity contribution in [3.63, 3.8) is 0 Å². The summed E-state index contributed by atoms with van der Waals surface area (Å²) < 4.78 is 24.5. The lowest BCUT2D eigenvalue weighted by Crippen LogP contribution is -2.05. The number of anilines is 4. The van der Waals surface area contributed by atoms with Crippen molar-refractivity contribution in [1.29, 1.82) is 0 Å². The van der Waals surface area contributed by atoms with Crippen LogP contribution >= 0.6 is 0 Å². The maximum Gasteiger partial charge on any atom is 0.271 e. The van der Waals surface area contributed by atoms with Gasteiger partial charge in [-0.3, -0.25) is 10.1 Å². The van der Waals surface area contributed by atoms with Crippen LogP contribution < -0.4 is 15.4 Å². The van der Waals surface area contributed by atoms with Crippen LogP contribution in [0.3, 0.4) is 0 Å². The Balaban J connectivity index is 1.70. The van der Waals surface area contributed by atoms with Gasteiger partial charge in [-0.2, -0.15) is 4.98 Å². The summed E-state index contributed by atoms with van der Waals surface area (Å²) >= 11 is 0. The summed E-state index contributed by atoms with van der Waals surface area (Å²) in [6.45, 7) is 0.931. The van der Waals surface area contributed by atoms with Crippen LogP contribution in [0, 0.1) is 15.9 Å². The summed E-state index contributed by atoms with van der Waals surface area (Å²) in [5, 5.41) is 16.6. The number of non-ortho nitro benzene ring substituents is 1. The van der Waals surface area contributed by atoms with Crippen molar-refractivity contribution in [3.8, 4) is 5.75 Å². The topological polar surface area (TPSA) is 111 Å². The Labute approximate surface area is 165 Å². The second-order valence-electron chi connectivity index (χ2n) is 5.81. The lowest BCUT2D eigenvalue weighted by molar-refractivity contribution is -0.384. The van der Waals surface area contributed by atoms with Crippen LogP contribution in [0.15, 0.2) is 54.7 Å². The van der Waals surface area contributed by atoms with Gasteiger partial charge < -0.3 is 20.1 Å². The molecule has 3 aromatic rings. The van der Waals surface area contributed by atoms with E-state index in [4.69, 9.17) is 9.47 Å². The molecule has 10 heteroatoms. The predicted molar refractivity (Wildman–Crippen MR) is 105 cm³/mol. The van der Waals surface area contributed by atoms with Crippen LogP contribution in [0.1, 0.15) is 0 Å². The fourth-order valence-corrected chi connectivity index (χ4v) is 2.36. The highest BCUT2D eigenvalue weighted by atomic mass is 19.1. The second kappa shape index (κ2) is 9.42. The van der Waals surface area contributed by atoms with Crippen LogP contribution in [0.2, 0.25) is 0 Å². The molecule has 0 saturated heterocycles. The number of nitro groups is 1. The standard InChI is InChI=1S/C19H18FN5O4/c1-28-9-10-29-16-7-5-13(6-8-16)23-19-21-12-17(20)18(24-19)22-14-3-2-4-15(11-14)25(26)27/h2-8,11-12H,9-10H2,1H3,(H2,21,22,23,24). The summed E-state index contributed by atoms with van der Waals surface area (Å²) in [5.41, 5.74) is 0.896. The highest BCUT2D eigenvalue weighted by Gasteiger charge is 2.11. The largest absolute Gasteiger partial charge is 0.491 e. The predicted octanol–water partition coefficient (Wildman–Crippen LogP) is 4.04. The molecule has 1 aromatic heterocycles. The Hall–Kier alpha value is -3.79. The number of hydrogen-bond donors (Lipinski definition) is 2. The van der Waals surface area contributed by atoms with Gasteiger partial charge in [0.1, 0.15) is 12.4 Å². The molecule has 0 fully saturated rings. The number of nitro benzene ring substituents is 1. The van der Waals surface area contributed by atoms with E-state index >= 15 is 0 Å². The maximum atomic E-state index is 14.1. The molecule has 3 rings (SSSR count). The number of ether oxygens (including phenoxy) is 2. The smallest absolute Gasteiger partial charge is 0.271 e. The maximum absolute atomic E-state index is 14.1. The number of rotatable bonds is 9. The average molecular weight is 399 g/mol. The van der Waals surface area contributed by atoms with E-state index in [0.717, 1.165) is 6.20 Å². The van der Waals surface area contributed by atoms with E-state index in [2.05, 4.69) is 20.6 Å². The molecule has 1 heterocycles. The van der Waals surface area contributed by atoms with Crippen molar-refractivity contribution in [2.45, 2.75) is 0 Å². The lowest BCUT2D eigenvalue weighted by Gasteiger charge is -2.10. The van der Waals surface area contributed by atoms with Crippen LogP contribution in [-0.4, -0.2) is 35.2 Å². The number of hydrogen-bond acceptors (Lipinski definition) is 8. The first kappa shape index (κ1) is 20.0. The van der Waals surface area contributed by atoms with Crippen molar-refractivity contribution in [2.75, 3.05) is 31.0 Å². The first-order chi connectivity index (χ1) is 14.0. The van der Waals surface area contributed by atoms with Crippen molar-refractivity contribution in [2.24, 2.45) is 0 Å². The van der Waals surface area contributed by atoms with Crippen LogP contribution in [0.4, 0.5) is 33.2 Å². The zero-order chi connectivity index (χ0) is 20.6. The quantitative estimate of drug-likeness (QED) is 0.315. The molecule has 0 unspecified atom stereocenters. The minimum atomic E-state index is -0.691. The third-order valence-electron chi connectivity index (χ3n) is 3.73. The van der Waals surface area contributed by atoms with Crippen molar-refractivity contribution >= 4 is 28.8 Å². The SMILES string of the molecule is COCCOc1ccc(Nc2ncc(F)c(Nc3cccc([N+](=O)[O-])c3)n2)cc1. The summed E-state index contributed by atoms with van der Waals surface area (Å²) in [7, 11) is 1.60. The minimum absolute atomic E-state index is 0.109. The highest BCUT2D eigenvalue weighted by Crippen LogP contribution is 2.24. The Morgan fingerprint density at radius 3 is 2.62 bits per heavy atom. The molecule has 0 atom stereocenters.